The van der Waals surface area contributed by atoms with Gasteiger partial charge < -0.3 is 5.11 Å². The summed E-state index contributed by atoms with van der Waals surface area (Å²) in [6, 6.07) is 0. The topological polar surface area (TPSA) is 57.6 Å². The molecule has 2 aliphatic rings. The summed E-state index contributed by atoms with van der Waals surface area (Å²) in [6.45, 7) is 2.84. The third-order valence-electron chi connectivity index (χ3n) is 3.95. The van der Waals surface area contributed by atoms with Gasteiger partial charge in [0.2, 0.25) is 10.0 Å². The van der Waals surface area contributed by atoms with E-state index >= 15 is 0 Å². The van der Waals surface area contributed by atoms with Crippen molar-refractivity contribution < 1.29 is 13.5 Å². The van der Waals surface area contributed by atoms with Crippen LogP contribution in [-0.4, -0.2) is 42.8 Å². The van der Waals surface area contributed by atoms with Crippen molar-refractivity contribution in [2.45, 2.75) is 38.7 Å². The summed E-state index contributed by atoms with van der Waals surface area (Å²) in [4.78, 5) is 0. The van der Waals surface area contributed by atoms with Crippen LogP contribution in [0.3, 0.4) is 0 Å². The molecule has 1 saturated heterocycles. The van der Waals surface area contributed by atoms with Gasteiger partial charge in [0, 0.05) is 13.1 Å². The van der Waals surface area contributed by atoms with Crippen LogP contribution in [0.25, 0.3) is 0 Å². The molecule has 1 aliphatic heterocycles. The molecule has 2 atom stereocenters. The molecule has 0 amide bonds. The average Bonchev–Trinajstić information content (AvgIpc) is 2.16. The molecule has 4 nitrogen and oxygen atoms in total. The zero-order valence-corrected chi connectivity index (χ0v) is 10.6. The lowest BCUT2D eigenvalue weighted by Crippen LogP contribution is -2.47. The highest BCUT2D eigenvalue weighted by Gasteiger charge is 2.34. The molecule has 94 valence electrons. The number of rotatable bonds is 3. The largest absolute Gasteiger partial charge is 0.391 e. The Morgan fingerprint density at radius 1 is 1.31 bits per heavy atom. The van der Waals surface area contributed by atoms with Crippen LogP contribution >= 0.6 is 0 Å². The summed E-state index contributed by atoms with van der Waals surface area (Å²) < 4.78 is 25.6. The van der Waals surface area contributed by atoms with Crippen molar-refractivity contribution in [1.29, 1.82) is 0 Å². The number of piperidine rings is 1. The first kappa shape index (κ1) is 12.3. The van der Waals surface area contributed by atoms with E-state index in [-0.39, 0.29) is 18.2 Å². The van der Waals surface area contributed by atoms with E-state index in [1.165, 1.54) is 10.7 Å². The lowest BCUT2D eigenvalue weighted by molar-refractivity contribution is 0.0602. The lowest BCUT2D eigenvalue weighted by atomic mass is 9.87. The standard InChI is InChI=1S/C11H21NO3S/c1-9-5-6-12(7-11(9)13)16(14,15)8-10-3-2-4-10/h9-11,13H,2-8H2,1H3. The normalized spacial score (nSPS) is 33.6. The van der Waals surface area contributed by atoms with Crippen molar-refractivity contribution in [2.75, 3.05) is 18.8 Å². The number of nitrogens with zero attached hydrogens (tertiary/aromatic N) is 1. The first-order chi connectivity index (χ1) is 7.49. The van der Waals surface area contributed by atoms with E-state index in [9.17, 15) is 13.5 Å². The lowest BCUT2D eigenvalue weighted by Gasteiger charge is -2.35. The minimum absolute atomic E-state index is 0.218. The van der Waals surface area contributed by atoms with E-state index in [2.05, 4.69) is 0 Å². The molecule has 0 radical (unpaired) electrons. The maximum absolute atomic E-state index is 12.1. The molecular weight excluding hydrogens is 226 g/mol. The molecule has 5 heteroatoms. The van der Waals surface area contributed by atoms with Crippen molar-refractivity contribution in [3.05, 3.63) is 0 Å². The highest BCUT2D eigenvalue weighted by Crippen LogP contribution is 2.29. The van der Waals surface area contributed by atoms with Gasteiger partial charge in [0.25, 0.3) is 0 Å². The smallest absolute Gasteiger partial charge is 0.214 e. The van der Waals surface area contributed by atoms with Crippen molar-refractivity contribution >= 4 is 10.0 Å². The number of aliphatic hydroxyl groups is 1. The van der Waals surface area contributed by atoms with Crippen molar-refractivity contribution in [1.82, 2.24) is 4.31 Å². The minimum atomic E-state index is -3.13. The first-order valence-electron chi connectivity index (χ1n) is 6.15. The number of hydrogen-bond donors (Lipinski definition) is 1. The molecule has 0 bridgehead atoms. The zero-order chi connectivity index (χ0) is 11.8. The van der Waals surface area contributed by atoms with E-state index in [0.29, 0.717) is 12.5 Å². The fourth-order valence-corrected chi connectivity index (χ4v) is 4.24. The monoisotopic (exact) mass is 247 g/mol. The van der Waals surface area contributed by atoms with E-state index in [0.717, 1.165) is 19.3 Å². The Balaban J connectivity index is 1.95. The molecule has 0 aromatic rings. The summed E-state index contributed by atoms with van der Waals surface area (Å²) in [6.07, 6.45) is 3.54. The maximum atomic E-state index is 12.1. The Morgan fingerprint density at radius 2 is 2.00 bits per heavy atom. The van der Waals surface area contributed by atoms with E-state index in [1.54, 1.807) is 0 Å². The Hall–Kier alpha value is -0.130. The number of β-amino-alcohol motifs (C(OH)–C–C–N with tert-alkyl or cyclic N) is 1. The van der Waals surface area contributed by atoms with Crippen LogP contribution in [0.2, 0.25) is 0 Å². The quantitative estimate of drug-likeness (QED) is 0.803. The second kappa shape index (κ2) is 4.63. The summed E-state index contributed by atoms with van der Waals surface area (Å²) in [5.74, 6) is 0.866. The second-order valence-corrected chi connectivity index (χ2v) is 7.28. The molecule has 1 saturated carbocycles. The fourth-order valence-electron chi connectivity index (χ4n) is 2.34. The number of sulfonamides is 1. The molecule has 2 rings (SSSR count). The Morgan fingerprint density at radius 3 is 2.50 bits per heavy atom. The van der Waals surface area contributed by atoms with Crippen LogP contribution < -0.4 is 0 Å². The fraction of sp³-hybridized carbons (Fsp3) is 1.00. The molecule has 1 heterocycles. The predicted octanol–water partition coefficient (Wildman–Crippen LogP) is 0.819. The Bertz CT molecular complexity index is 337. The minimum Gasteiger partial charge on any atom is -0.391 e. The molecule has 1 aliphatic carbocycles. The van der Waals surface area contributed by atoms with Gasteiger partial charge in [-0.1, -0.05) is 13.3 Å². The average molecular weight is 247 g/mol. The Labute approximate surface area is 97.7 Å². The van der Waals surface area contributed by atoms with Gasteiger partial charge in [-0.25, -0.2) is 8.42 Å². The van der Waals surface area contributed by atoms with E-state index in [4.69, 9.17) is 0 Å². The van der Waals surface area contributed by atoms with E-state index < -0.39 is 16.1 Å². The van der Waals surface area contributed by atoms with Gasteiger partial charge >= 0.3 is 0 Å². The van der Waals surface area contributed by atoms with Gasteiger partial charge in [-0.3, -0.25) is 0 Å². The summed E-state index contributed by atoms with van der Waals surface area (Å²) in [5, 5.41) is 9.71. The number of hydrogen-bond acceptors (Lipinski definition) is 3. The third-order valence-corrected chi connectivity index (χ3v) is 5.96. The molecule has 0 aromatic carbocycles. The van der Waals surface area contributed by atoms with Gasteiger partial charge in [0.05, 0.1) is 11.9 Å². The summed E-state index contributed by atoms with van der Waals surface area (Å²) >= 11 is 0. The zero-order valence-electron chi connectivity index (χ0n) is 9.80. The molecule has 1 N–H and O–H groups in total. The SMILES string of the molecule is CC1CCN(S(=O)(=O)CC2CCC2)CC1O. The summed E-state index contributed by atoms with van der Waals surface area (Å²) in [7, 11) is -3.13. The van der Waals surface area contributed by atoms with Crippen LogP contribution in [0.5, 0.6) is 0 Å². The second-order valence-electron chi connectivity index (χ2n) is 5.27. The van der Waals surface area contributed by atoms with Gasteiger partial charge in [-0.15, -0.1) is 0 Å². The highest BCUT2D eigenvalue weighted by molar-refractivity contribution is 7.89. The van der Waals surface area contributed by atoms with Crippen molar-refractivity contribution in [2.24, 2.45) is 11.8 Å². The molecule has 2 fully saturated rings. The Kier molecular flexibility index (Phi) is 3.56. The predicted molar refractivity (Wildman–Crippen MR) is 62.5 cm³/mol. The van der Waals surface area contributed by atoms with Crippen molar-refractivity contribution in [3.63, 3.8) is 0 Å². The van der Waals surface area contributed by atoms with Gasteiger partial charge in [-0.05, 0) is 31.1 Å². The molecule has 16 heavy (non-hydrogen) atoms. The molecule has 0 spiro atoms. The van der Waals surface area contributed by atoms with Crippen LogP contribution in [0.4, 0.5) is 0 Å². The molecule has 2 unspecified atom stereocenters. The molecule has 0 aromatic heterocycles. The van der Waals surface area contributed by atoms with E-state index in [1.807, 2.05) is 6.92 Å². The first-order valence-corrected chi connectivity index (χ1v) is 7.76. The van der Waals surface area contributed by atoms with Gasteiger partial charge in [0.1, 0.15) is 0 Å². The van der Waals surface area contributed by atoms with Crippen LogP contribution in [0.1, 0.15) is 32.6 Å². The van der Waals surface area contributed by atoms with Gasteiger partial charge in [0.15, 0.2) is 0 Å². The maximum Gasteiger partial charge on any atom is 0.214 e. The summed E-state index contributed by atoms with van der Waals surface area (Å²) in [5.41, 5.74) is 0. The third kappa shape index (κ3) is 2.57. The van der Waals surface area contributed by atoms with Crippen LogP contribution in [-0.2, 0) is 10.0 Å². The van der Waals surface area contributed by atoms with Crippen molar-refractivity contribution in [3.8, 4) is 0 Å². The highest BCUT2D eigenvalue weighted by atomic mass is 32.2. The van der Waals surface area contributed by atoms with Gasteiger partial charge in [-0.2, -0.15) is 4.31 Å². The molecular formula is C11H21NO3S. The number of aliphatic hydroxyl groups excluding tert-OH is 1. The van der Waals surface area contributed by atoms with Crippen LogP contribution in [0.15, 0.2) is 0 Å². The van der Waals surface area contributed by atoms with Crippen LogP contribution in [0, 0.1) is 11.8 Å².